The molecule has 2 aliphatic carbocycles. The number of hydrogen-bond donors (Lipinski definition) is 2. The van der Waals surface area contributed by atoms with E-state index in [0.717, 1.165) is 77.2 Å². The highest BCUT2D eigenvalue weighted by Gasteiger charge is 2.52. The number of nitrogens with one attached hydrogen (secondary N) is 2. The Kier molecular flexibility index (Phi) is 11.9. The second kappa shape index (κ2) is 17.4. The zero-order valence-corrected chi connectivity index (χ0v) is 34.8. The van der Waals surface area contributed by atoms with E-state index in [4.69, 9.17) is 19.5 Å². The standard InChI is InChI=1S/C48H56N6O5/c1-28(2)37-19-30(23-49-25-37)24-52-47(56)45-36-17-16-35(20-36)44(45)40-21-38(26-50-40)33-10-8-31(9-11-33)32-12-14-34(15-13-32)41-27-51-46(53-41)42-7-6-18-54(42)48(57)39(29(3)58-4)22-43(55)59-5/h8-15,19,23,25-29,35-36,39,42,44-45H,6-7,16-18,20-22,24H2,1-5H3,(H,51,53)(H,52,56)/t29-,35?,36?,39+,42+,44-,45+/m1/s1. The van der Waals surface area contributed by atoms with Gasteiger partial charge in [-0.05, 0) is 95.7 Å². The van der Waals surface area contributed by atoms with Crippen molar-refractivity contribution in [2.45, 2.75) is 90.3 Å². The number of rotatable bonds is 14. The monoisotopic (exact) mass is 796 g/mol. The normalized spacial score (nSPS) is 23.3. The van der Waals surface area contributed by atoms with E-state index in [2.05, 4.69) is 83.7 Å². The number of carbonyl (C=O) groups is 3. The number of esters is 1. The fourth-order valence-corrected chi connectivity index (χ4v) is 9.98. The number of allylic oxidation sites excluding steroid dienone is 1. The molecule has 4 heterocycles. The summed E-state index contributed by atoms with van der Waals surface area (Å²) in [4.78, 5) is 59.0. The molecule has 308 valence electrons. The summed E-state index contributed by atoms with van der Waals surface area (Å²) in [5.74, 6) is 1.22. The van der Waals surface area contributed by atoms with Crippen molar-refractivity contribution in [2.75, 3.05) is 20.8 Å². The molecular weight excluding hydrogens is 741 g/mol. The fourth-order valence-electron chi connectivity index (χ4n) is 9.98. The van der Waals surface area contributed by atoms with Gasteiger partial charge in [0.05, 0.1) is 43.5 Å². The van der Waals surface area contributed by atoms with Gasteiger partial charge < -0.3 is 24.7 Å². The summed E-state index contributed by atoms with van der Waals surface area (Å²) in [5.41, 5.74) is 9.86. The number of H-pyrrole nitrogens is 1. The van der Waals surface area contributed by atoms with Crippen LogP contribution in [0, 0.1) is 29.6 Å². The van der Waals surface area contributed by atoms with E-state index in [1.807, 2.05) is 36.6 Å². The third kappa shape index (κ3) is 8.40. The molecule has 2 aromatic carbocycles. The Bertz CT molecular complexity index is 2230. The van der Waals surface area contributed by atoms with E-state index in [9.17, 15) is 14.4 Å². The van der Waals surface area contributed by atoms with Crippen LogP contribution in [-0.2, 0) is 30.4 Å². The molecule has 4 aliphatic rings. The topological polar surface area (TPSA) is 139 Å². The van der Waals surface area contributed by atoms with Gasteiger partial charge in [0.1, 0.15) is 5.82 Å². The van der Waals surface area contributed by atoms with Crippen LogP contribution >= 0.6 is 0 Å². The van der Waals surface area contributed by atoms with Crippen molar-refractivity contribution < 1.29 is 23.9 Å². The lowest BCUT2D eigenvalue weighted by Crippen LogP contribution is -2.41. The first-order chi connectivity index (χ1) is 28.6. The smallest absolute Gasteiger partial charge is 0.306 e. The van der Waals surface area contributed by atoms with Gasteiger partial charge in [0.2, 0.25) is 11.8 Å². The van der Waals surface area contributed by atoms with Crippen LogP contribution in [-0.4, -0.2) is 70.2 Å². The lowest BCUT2D eigenvalue weighted by molar-refractivity contribution is -0.151. The minimum absolute atomic E-state index is 0.0242. The summed E-state index contributed by atoms with van der Waals surface area (Å²) in [5, 5.41) is 3.27. The molecule has 2 unspecified atom stereocenters. The maximum absolute atomic E-state index is 13.8. The summed E-state index contributed by atoms with van der Waals surface area (Å²) < 4.78 is 10.3. The van der Waals surface area contributed by atoms with Gasteiger partial charge in [-0.15, -0.1) is 0 Å². The van der Waals surface area contributed by atoms with E-state index in [-0.39, 0.29) is 36.1 Å². The number of aromatic nitrogens is 3. The quantitative estimate of drug-likeness (QED) is 0.123. The third-order valence-corrected chi connectivity index (χ3v) is 13.4. The molecule has 3 fully saturated rings. The van der Waals surface area contributed by atoms with Crippen molar-refractivity contribution >= 4 is 29.1 Å². The van der Waals surface area contributed by atoms with E-state index in [1.54, 1.807) is 7.11 Å². The van der Waals surface area contributed by atoms with Gasteiger partial charge in [-0.2, -0.15) is 0 Å². The zero-order valence-electron chi connectivity index (χ0n) is 34.8. The van der Waals surface area contributed by atoms with Crippen LogP contribution in [0.25, 0.3) is 28.0 Å². The highest BCUT2D eigenvalue weighted by Crippen LogP contribution is 2.54. The predicted octanol–water partition coefficient (Wildman–Crippen LogP) is 8.30. The lowest BCUT2D eigenvalue weighted by Gasteiger charge is -2.30. The molecule has 0 spiro atoms. The molecule has 11 heteroatoms. The molecular formula is C48H56N6O5. The average molecular weight is 797 g/mol. The van der Waals surface area contributed by atoms with Crippen LogP contribution in [0.15, 0.2) is 84.4 Å². The number of methoxy groups -OCH3 is 2. The number of hydrogen-bond acceptors (Lipinski definition) is 8. The van der Waals surface area contributed by atoms with Crippen molar-refractivity contribution in [1.82, 2.24) is 25.2 Å². The number of likely N-dealkylation sites (tertiary alicyclic amines) is 1. The Morgan fingerprint density at radius 1 is 0.898 bits per heavy atom. The molecule has 4 aromatic rings. The van der Waals surface area contributed by atoms with E-state index in [0.29, 0.717) is 30.8 Å². The molecule has 2 bridgehead atoms. The van der Waals surface area contributed by atoms with Crippen molar-refractivity contribution in [3.05, 3.63) is 102 Å². The van der Waals surface area contributed by atoms with Crippen molar-refractivity contribution in [2.24, 2.45) is 34.6 Å². The lowest BCUT2D eigenvalue weighted by atomic mass is 9.75. The summed E-state index contributed by atoms with van der Waals surface area (Å²) in [6, 6.07) is 19.0. The largest absolute Gasteiger partial charge is 0.469 e. The second-order valence-corrected chi connectivity index (χ2v) is 17.2. The summed E-state index contributed by atoms with van der Waals surface area (Å²) >= 11 is 0. The molecule has 2 N–H and O–H groups in total. The second-order valence-electron chi connectivity index (χ2n) is 17.2. The number of carbonyl (C=O) groups excluding carboxylic acids is 3. The van der Waals surface area contributed by atoms with Gasteiger partial charge in [-0.25, -0.2) is 4.98 Å². The van der Waals surface area contributed by atoms with Gasteiger partial charge in [-0.1, -0.05) is 68.4 Å². The number of fused-ring (bicyclic) bond motifs is 2. The molecule has 11 nitrogen and oxygen atoms in total. The van der Waals surface area contributed by atoms with Crippen molar-refractivity contribution in [3.63, 3.8) is 0 Å². The van der Waals surface area contributed by atoms with Crippen LogP contribution in [0.3, 0.4) is 0 Å². The maximum Gasteiger partial charge on any atom is 0.306 e. The van der Waals surface area contributed by atoms with E-state index >= 15 is 0 Å². The van der Waals surface area contributed by atoms with E-state index in [1.165, 1.54) is 24.7 Å². The van der Waals surface area contributed by atoms with Crippen LogP contribution in [0.5, 0.6) is 0 Å². The minimum Gasteiger partial charge on any atom is -0.469 e. The molecule has 1 saturated heterocycles. The Labute approximate surface area is 347 Å². The maximum atomic E-state index is 13.8. The first kappa shape index (κ1) is 40.4. The summed E-state index contributed by atoms with van der Waals surface area (Å²) in [6.45, 7) is 7.23. The highest BCUT2D eigenvalue weighted by atomic mass is 16.5. The summed E-state index contributed by atoms with van der Waals surface area (Å²) in [7, 11) is 2.88. The number of aliphatic imine (C=N–C) groups is 1. The number of aromatic amines is 1. The van der Waals surface area contributed by atoms with Crippen molar-refractivity contribution in [1.29, 1.82) is 0 Å². The predicted molar refractivity (Wildman–Crippen MR) is 228 cm³/mol. The first-order valence-electron chi connectivity index (χ1n) is 21.2. The molecule has 2 aromatic heterocycles. The Morgan fingerprint density at radius 3 is 2.32 bits per heavy atom. The number of nitrogens with zero attached hydrogens (tertiary/aromatic N) is 4. The number of imidazole rings is 1. The minimum atomic E-state index is -0.633. The third-order valence-electron chi connectivity index (χ3n) is 13.4. The fraction of sp³-hybridized carbons (Fsp3) is 0.458. The van der Waals surface area contributed by atoms with Crippen LogP contribution in [0.4, 0.5) is 0 Å². The average Bonchev–Trinajstić information content (AvgIpc) is 4.13. The molecule has 7 atom stereocenters. The number of ether oxygens (including phenoxy) is 2. The Hall–Kier alpha value is -5.42. The number of benzene rings is 2. The summed E-state index contributed by atoms with van der Waals surface area (Å²) in [6.07, 6.45) is 13.0. The van der Waals surface area contributed by atoms with Crippen molar-refractivity contribution in [3.8, 4) is 22.4 Å². The van der Waals surface area contributed by atoms with Gasteiger partial charge >= 0.3 is 5.97 Å². The van der Waals surface area contributed by atoms with E-state index < -0.39 is 18.0 Å². The Balaban J connectivity index is 0.883. The number of amides is 2. The molecule has 8 rings (SSSR count). The first-order valence-corrected chi connectivity index (χ1v) is 21.2. The van der Waals surface area contributed by atoms with Gasteiger partial charge in [0.15, 0.2) is 0 Å². The highest BCUT2D eigenvalue weighted by molar-refractivity contribution is 6.02. The molecule has 0 radical (unpaired) electrons. The van der Waals surface area contributed by atoms with Crippen LogP contribution < -0.4 is 5.32 Å². The van der Waals surface area contributed by atoms with Crippen LogP contribution in [0.2, 0.25) is 0 Å². The SMILES string of the molecule is COC(=O)C[C@H](C(=O)N1CCC[C@H]1c1ncc(-c2ccc(-c3ccc(C4=CN=C([C@H]5C6CCC(C6)[C@@H]5C(=O)NCc5cncc(C(C)C)c5)C4)cc3)cc2)[nH]1)[C@@H](C)OC. The molecule has 2 saturated carbocycles. The van der Waals surface area contributed by atoms with Crippen LogP contribution in [0.1, 0.15) is 100 Å². The number of pyridine rings is 1. The molecule has 59 heavy (non-hydrogen) atoms. The molecule has 2 aliphatic heterocycles. The zero-order chi connectivity index (χ0) is 41.2. The van der Waals surface area contributed by atoms with Gasteiger partial charge in [0, 0.05) is 62.8 Å². The van der Waals surface area contributed by atoms with Gasteiger partial charge in [-0.3, -0.25) is 24.4 Å². The van der Waals surface area contributed by atoms with Gasteiger partial charge in [0.25, 0.3) is 0 Å². The molecule has 2 amide bonds. The Morgan fingerprint density at radius 2 is 1.61 bits per heavy atom.